The van der Waals surface area contributed by atoms with Crippen LogP contribution in [-0.4, -0.2) is 46.5 Å². The predicted molar refractivity (Wildman–Crippen MR) is 94.0 cm³/mol. The number of carbonyl (C=O) groups is 2. The van der Waals surface area contributed by atoms with Gasteiger partial charge in [0.1, 0.15) is 6.33 Å². The zero-order valence-electron chi connectivity index (χ0n) is 13.4. The van der Waals surface area contributed by atoms with E-state index in [1.165, 1.54) is 30.1 Å². The maximum Gasteiger partial charge on any atom is 0.415 e. The fourth-order valence-corrected chi connectivity index (χ4v) is 3.54. The Kier molecular flexibility index (Phi) is 5.83. The van der Waals surface area contributed by atoms with Gasteiger partial charge in [-0.1, -0.05) is 11.6 Å². The van der Waals surface area contributed by atoms with Gasteiger partial charge in [0.2, 0.25) is 0 Å². The molecule has 0 saturated carbocycles. The fourth-order valence-electron chi connectivity index (χ4n) is 2.58. The van der Waals surface area contributed by atoms with Gasteiger partial charge in [-0.25, -0.2) is 14.8 Å². The third-order valence-electron chi connectivity index (χ3n) is 3.96. The van der Waals surface area contributed by atoms with Crippen LogP contribution in [0.5, 0.6) is 5.75 Å². The van der Waals surface area contributed by atoms with Gasteiger partial charge in [-0.15, -0.1) is 11.3 Å². The molecule has 7 nitrogen and oxygen atoms in total. The molecule has 3 heterocycles. The molecule has 1 aliphatic rings. The van der Waals surface area contributed by atoms with E-state index in [0.29, 0.717) is 40.5 Å². The molecule has 25 heavy (non-hydrogen) atoms. The van der Waals surface area contributed by atoms with Gasteiger partial charge in [-0.3, -0.25) is 4.79 Å². The maximum atomic E-state index is 12.1. The molecule has 0 unspecified atom stereocenters. The van der Waals surface area contributed by atoms with Gasteiger partial charge in [-0.2, -0.15) is 0 Å². The lowest BCUT2D eigenvalue weighted by Crippen LogP contribution is -2.42. The molecule has 0 radical (unpaired) electrons. The molecular formula is C16H17ClN4O3S. The molecule has 1 saturated heterocycles. The molecule has 1 N–H and O–H groups in total. The van der Waals surface area contributed by atoms with Crippen molar-refractivity contribution in [2.75, 3.05) is 19.6 Å². The lowest BCUT2D eigenvalue weighted by molar-refractivity contribution is 0.0935. The maximum absolute atomic E-state index is 12.1. The van der Waals surface area contributed by atoms with Crippen molar-refractivity contribution in [1.82, 2.24) is 20.2 Å². The average Bonchev–Trinajstić information content (AvgIpc) is 3.07. The number of nitrogens with one attached hydrogen (secondary N) is 1. The standard InChI is InChI=1S/C16H17ClN4O3S/c17-14-2-1-13(25-14)15(22)20-7-11-3-5-21(6-4-11)16(23)24-12-8-18-10-19-9-12/h1-2,8-11H,3-7H2,(H,20,22). The first kappa shape index (κ1) is 17.6. The zero-order chi connectivity index (χ0) is 17.6. The summed E-state index contributed by atoms with van der Waals surface area (Å²) in [5, 5.41) is 2.93. The summed E-state index contributed by atoms with van der Waals surface area (Å²) in [5.74, 6) is 0.558. The van der Waals surface area contributed by atoms with E-state index in [1.807, 2.05) is 0 Å². The molecule has 0 aliphatic carbocycles. The molecule has 132 valence electrons. The highest BCUT2D eigenvalue weighted by atomic mass is 35.5. The highest BCUT2D eigenvalue weighted by Crippen LogP contribution is 2.22. The first-order valence-corrected chi connectivity index (χ1v) is 9.06. The molecule has 1 aliphatic heterocycles. The van der Waals surface area contributed by atoms with Crippen LogP contribution in [0.4, 0.5) is 4.79 Å². The zero-order valence-corrected chi connectivity index (χ0v) is 14.9. The molecule has 0 aromatic carbocycles. The summed E-state index contributed by atoms with van der Waals surface area (Å²) < 4.78 is 5.83. The van der Waals surface area contributed by atoms with Gasteiger partial charge in [0, 0.05) is 19.6 Å². The summed E-state index contributed by atoms with van der Waals surface area (Å²) in [6, 6.07) is 3.43. The molecule has 1 fully saturated rings. The summed E-state index contributed by atoms with van der Waals surface area (Å²) in [6.07, 6.45) is 5.50. The largest absolute Gasteiger partial charge is 0.415 e. The third kappa shape index (κ3) is 4.90. The van der Waals surface area contributed by atoms with Crippen LogP contribution in [-0.2, 0) is 0 Å². The van der Waals surface area contributed by atoms with Gasteiger partial charge in [0.15, 0.2) is 5.75 Å². The van der Waals surface area contributed by atoms with Crippen molar-refractivity contribution in [2.45, 2.75) is 12.8 Å². The van der Waals surface area contributed by atoms with Crippen molar-refractivity contribution in [3.63, 3.8) is 0 Å². The van der Waals surface area contributed by atoms with E-state index < -0.39 is 6.09 Å². The van der Waals surface area contributed by atoms with Crippen molar-refractivity contribution in [1.29, 1.82) is 0 Å². The van der Waals surface area contributed by atoms with Gasteiger partial charge in [0.05, 0.1) is 21.6 Å². The van der Waals surface area contributed by atoms with Gasteiger partial charge >= 0.3 is 6.09 Å². The molecule has 2 aromatic rings. The molecular weight excluding hydrogens is 364 g/mol. The van der Waals surface area contributed by atoms with E-state index in [1.54, 1.807) is 17.0 Å². The van der Waals surface area contributed by atoms with Gasteiger partial charge in [0.25, 0.3) is 5.91 Å². The van der Waals surface area contributed by atoms with E-state index in [-0.39, 0.29) is 5.91 Å². The van der Waals surface area contributed by atoms with E-state index in [4.69, 9.17) is 16.3 Å². The number of likely N-dealkylation sites (tertiary alicyclic amines) is 1. The van der Waals surface area contributed by atoms with Crippen molar-refractivity contribution < 1.29 is 14.3 Å². The van der Waals surface area contributed by atoms with Crippen LogP contribution in [0.2, 0.25) is 4.34 Å². The van der Waals surface area contributed by atoms with Crippen LogP contribution in [0, 0.1) is 5.92 Å². The van der Waals surface area contributed by atoms with Crippen LogP contribution in [0.1, 0.15) is 22.5 Å². The molecule has 2 aromatic heterocycles. The minimum Gasteiger partial charge on any atom is -0.407 e. The number of thiophene rings is 1. The summed E-state index contributed by atoms with van der Waals surface area (Å²) >= 11 is 7.10. The second-order valence-corrected chi connectivity index (χ2v) is 7.40. The number of hydrogen-bond donors (Lipinski definition) is 1. The lowest BCUT2D eigenvalue weighted by Gasteiger charge is -2.31. The van der Waals surface area contributed by atoms with Gasteiger partial charge < -0.3 is 15.0 Å². The number of carbonyl (C=O) groups excluding carboxylic acids is 2. The van der Waals surface area contributed by atoms with Crippen LogP contribution in [0.3, 0.4) is 0 Å². The number of amides is 2. The predicted octanol–water partition coefficient (Wildman–Crippen LogP) is 2.83. The van der Waals surface area contributed by atoms with Crippen LogP contribution < -0.4 is 10.1 Å². The van der Waals surface area contributed by atoms with Crippen LogP contribution in [0.15, 0.2) is 30.9 Å². The Morgan fingerprint density at radius 3 is 2.64 bits per heavy atom. The topological polar surface area (TPSA) is 84.4 Å². The number of rotatable bonds is 4. The molecule has 2 amide bonds. The van der Waals surface area contributed by atoms with E-state index >= 15 is 0 Å². The van der Waals surface area contributed by atoms with Crippen molar-refractivity contribution in [3.05, 3.63) is 40.1 Å². The summed E-state index contributed by atoms with van der Waals surface area (Å²) in [5.41, 5.74) is 0. The van der Waals surface area contributed by atoms with Crippen LogP contribution in [0.25, 0.3) is 0 Å². The molecule has 9 heteroatoms. The quantitative estimate of drug-likeness (QED) is 0.881. The summed E-state index contributed by atoms with van der Waals surface area (Å²) in [7, 11) is 0. The number of ether oxygens (including phenoxy) is 1. The van der Waals surface area contributed by atoms with Crippen molar-refractivity contribution >= 4 is 34.9 Å². The molecule has 0 bridgehead atoms. The first-order chi connectivity index (χ1) is 12.1. The average molecular weight is 381 g/mol. The number of hydrogen-bond acceptors (Lipinski definition) is 6. The monoisotopic (exact) mass is 380 g/mol. The third-order valence-corrected chi connectivity index (χ3v) is 5.19. The highest BCUT2D eigenvalue weighted by Gasteiger charge is 2.24. The Morgan fingerprint density at radius 1 is 1.28 bits per heavy atom. The summed E-state index contributed by atoms with van der Waals surface area (Å²) in [6.45, 7) is 1.78. The second-order valence-electron chi connectivity index (χ2n) is 5.69. The number of halogens is 1. The minimum absolute atomic E-state index is 0.109. The first-order valence-electron chi connectivity index (χ1n) is 7.87. The van der Waals surface area contributed by atoms with E-state index in [2.05, 4.69) is 15.3 Å². The Balaban J connectivity index is 1.41. The van der Waals surface area contributed by atoms with E-state index in [9.17, 15) is 9.59 Å². The Morgan fingerprint density at radius 2 is 2.00 bits per heavy atom. The summed E-state index contributed by atoms with van der Waals surface area (Å²) in [4.78, 5) is 34.0. The minimum atomic E-state index is -0.398. The highest BCUT2D eigenvalue weighted by molar-refractivity contribution is 7.17. The Hall–Kier alpha value is -2.19. The van der Waals surface area contributed by atoms with E-state index in [0.717, 1.165) is 12.8 Å². The second kappa shape index (κ2) is 8.26. The van der Waals surface area contributed by atoms with Crippen LogP contribution >= 0.6 is 22.9 Å². The van der Waals surface area contributed by atoms with Gasteiger partial charge in [-0.05, 0) is 30.9 Å². The number of nitrogens with zero attached hydrogens (tertiary/aromatic N) is 3. The lowest BCUT2D eigenvalue weighted by atomic mass is 9.97. The fraction of sp³-hybridized carbons (Fsp3) is 0.375. The number of piperidine rings is 1. The van der Waals surface area contributed by atoms with Crippen molar-refractivity contribution in [2.24, 2.45) is 5.92 Å². The Labute approximate surface area is 154 Å². The Bertz CT molecular complexity index is 732. The molecule has 3 rings (SSSR count). The molecule has 0 spiro atoms. The molecule has 0 atom stereocenters. The smallest absolute Gasteiger partial charge is 0.407 e. The number of aromatic nitrogens is 2. The SMILES string of the molecule is O=C(NCC1CCN(C(=O)Oc2cncnc2)CC1)c1ccc(Cl)s1. The van der Waals surface area contributed by atoms with Crippen molar-refractivity contribution in [3.8, 4) is 5.75 Å². The normalized spacial score (nSPS) is 15.0.